The Balaban J connectivity index is 0.000000878. The number of hydrogen-bond acceptors (Lipinski definition) is 6. The van der Waals surface area contributed by atoms with Crippen molar-refractivity contribution in [2.24, 2.45) is 0 Å². The molecular formula is C18H22N6O4. The molecule has 2 aromatic heterocycles. The van der Waals surface area contributed by atoms with Crippen molar-refractivity contribution in [1.82, 2.24) is 25.0 Å². The van der Waals surface area contributed by atoms with E-state index in [0.29, 0.717) is 31.8 Å². The number of anilines is 1. The van der Waals surface area contributed by atoms with E-state index < -0.39 is 0 Å². The third kappa shape index (κ3) is 6.56. The van der Waals surface area contributed by atoms with Crippen LogP contribution in [0.4, 0.5) is 5.82 Å². The molecule has 0 atom stereocenters. The van der Waals surface area contributed by atoms with Crippen LogP contribution >= 0.6 is 0 Å². The van der Waals surface area contributed by atoms with Crippen LogP contribution in [0.3, 0.4) is 0 Å². The average Bonchev–Trinajstić information content (AvgIpc) is 3.36. The number of nitrogens with one attached hydrogen (secondary N) is 2. The predicted molar refractivity (Wildman–Crippen MR) is 102 cm³/mol. The van der Waals surface area contributed by atoms with Gasteiger partial charge < -0.3 is 15.2 Å². The molecule has 0 radical (unpaired) electrons. The van der Waals surface area contributed by atoms with E-state index in [1.165, 1.54) is 6.33 Å². The summed E-state index contributed by atoms with van der Waals surface area (Å²) in [7, 11) is 0. The number of carboxylic acid groups (broad SMARTS) is 1. The zero-order valence-electron chi connectivity index (χ0n) is 15.4. The van der Waals surface area contributed by atoms with Gasteiger partial charge >= 0.3 is 0 Å². The highest BCUT2D eigenvalue weighted by Gasteiger charge is 2.08. The maximum atomic E-state index is 12.0. The molecule has 1 aromatic carbocycles. The summed E-state index contributed by atoms with van der Waals surface area (Å²) in [6.07, 6.45) is 4.19. The second-order valence-electron chi connectivity index (χ2n) is 5.54. The Morgan fingerprint density at radius 1 is 1.36 bits per heavy atom. The first kappa shape index (κ1) is 20.6. The number of aromatic amines is 1. The number of aromatic nitrogens is 5. The fourth-order valence-corrected chi connectivity index (χ4v) is 2.39. The molecule has 3 aromatic rings. The first-order valence-electron chi connectivity index (χ1n) is 8.65. The summed E-state index contributed by atoms with van der Waals surface area (Å²) in [6.45, 7) is 2.99. The van der Waals surface area contributed by atoms with Crippen LogP contribution in [-0.4, -0.2) is 49.1 Å². The molecule has 0 bridgehead atoms. The zero-order chi connectivity index (χ0) is 20.2. The Morgan fingerprint density at radius 3 is 2.75 bits per heavy atom. The van der Waals surface area contributed by atoms with E-state index in [9.17, 15) is 4.79 Å². The number of rotatable bonds is 8. The molecule has 28 heavy (non-hydrogen) atoms. The highest BCUT2D eigenvalue weighted by atomic mass is 16.5. The molecule has 0 saturated heterocycles. The van der Waals surface area contributed by atoms with E-state index in [1.807, 2.05) is 37.3 Å². The lowest BCUT2D eigenvalue weighted by molar-refractivity contribution is -0.123. The third-order valence-electron chi connectivity index (χ3n) is 3.58. The minimum atomic E-state index is -0.250. The van der Waals surface area contributed by atoms with Crippen molar-refractivity contribution in [1.29, 1.82) is 0 Å². The van der Waals surface area contributed by atoms with Gasteiger partial charge in [-0.25, -0.2) is 4.98 Å². The largest absolute Gasteiger partial charge is 0.494 e. The summed E-state index contributed by atoms with van der Waals surface area (Å²) in [5.41, 5.74) is 1.81. The van der Waals surface area contributed by atoms with Crippen molar-refractivity contribution in [3.05, 3.63) is 43.0 Å². The molecule has 0 fully saturated rings. The first-order valence-corrected chi connectivity index (χ1v) is 8.65. The number of H-pyrrole nitrogens is 1. The van der Waals surface area contributed by atoms with Crippen LogP contribution in [0.5, 0.6) is 5.75 Å². The van der Waals surface area contributed by atoms with E-state index in [4.69, 9.17) is 14.6 Å². The molecule has 1 amide bonds. The minimum absolute atomic E-state index is 0.0788. The van der Waals surface area contributed by atoms with E-state index >= 15 is 0 Å². The summed E-state index contributed by atoms with van der Waals surface area (Å²) in [4.78, 5) is 24.2. The van der Waals surface area contributed by atoms with E-state index in [1.54, 1.807) is 11.0 Å². The van der Waals surface area contributed by atoms with Crippen molar-refractivity contribution in [3.63, 3.8) is 0 Å². The Hall–Kier alpha value is -3.69. The molecule has 0 aliphatic carbocycles. The Morgan fingerprint density at radius 2 is 2.11 bits per heavy atom. The maximum absolute atomic E-state index is 12.0. The molecule has 0 saturated carbocycles. The number of hydrogen-bond donors (Lipinski definition) is 3. The van der Waals surface area contributed by atoms with Gasteiger partial charge in [-0.3, -0.25) is 19.4 Å². The summed E-state index contributed by atoms with van der Waals surface area (Å²) in [5, 5.41) is 20.7. The fourth-order valence-electron chi connectivity index (χ4n) is 2.39. The highest BCUT2D eigenvalue weighted by molar-refractivity contribution is 5.90. The second-order valence-corrected chi connectivity index (χ2v) is 5.54. The summed E-state index contributed by atoms with van der Waals surface area (Å²) in [6, 6.07) is 9.51. The second kappa shape index (κ2) is 11.1. The normalized spacial score (nSPS) is 9.89. The van der Waals surface area contributed by atoms with Gasteiger partial charge in [0.05, 0.1) is 12.3 Å². The third-order valence-corrected chi connectivity index (χ3v) is 3.58. The minimum Gasteiger partial charge on any atom is -0.494 e. The van der Waals surface area contributed by atoms with Crippen LogP contribution in [0.25, 0.3) is 11.3 Å². The number of amides is 1. The average molecular weight is 386 g/mol. The predicted octanol–water partition coefficient (Wildman–Crippen LogP) is 2.19. The van der Waals surface area contributed by atoms with Gasteiger partial charge in [-0.15, -0.1) is 0 Å². The summed E-state index contributed by atoms with van der Waals surface area (Å²) >= 11 is 0. The topological polar surface area (TPSA) is 135 Å². The Bertz CT molecular complexity index is 845. The van der Waals surface area contributed by atoms with Crippen molar-refractivity contribution in [2.45, 2.75) is 26.3 Å². The van der Waals surface area contributed by atoms with Crippen molar-refractivity contribution >= 4 is 18.2 Å². The Kier molecular flexibility index (Phi) is 8.18. The van der Waals surface area contributed by atoms with Gasteiger partial charge in [-0.2, -0.15) is 10.2 Å². The van der Waals surface area contributed by atoms with Crippen molar-refractivity contribution in [2.75, 3.05) is 11.9 Å². The number of nitrogens with zero attached hydrogens (tertiary/aromatic N) is 4. The molecule has 3 N–H and O–H groups in total. The van der Waals surface area contributed by atoms with Gasteiger partial charge in [0.2, 0.25) is 5.91 Å². The lowest BCUT2D eigenvalue weighted by Crippen LogP contribution is -2.12. The van der Waals surface area contributed by atoms with E-state index in [0.717, 1.165) is 17.0 Å². The van der Waals surface area contributed by atoms with Gasteiger partial charge in [-0.05, 0) is 43.2 Å². The standard InChI is InChI=1S/C17H20N6O2.CH2O2/c1-2-25-14-7-5-13(6-8-14)15-10-16(22-21-15)20-17(24)4-3-9-23-12-18-11-19-23;2-1-3/h5-8,10-12H,2-4,9H2,1H3,(H2,20,21,22,24);1H,(H,2,3). The van der Waals surface area contributed by atoms with Crippen LogP contribution < -0.4 is 10.1 Å². The van der Waals surface area contributed by atoms with Crippen LogP contribution in [0, 0.1) is 0 Å². The summed E-state index contributed by atoms with van der Waals surface area (Å²) < 4.78 is 7.13. The first-order chi connectivity index (χ1) is 13.7. The molecule has 148 valence electrons. The van der Waals surface area contributed by atoms with Gasteiger partial charge in [-0.1, -0.05) is 0 Å². The van der Waals surface area contributed by atoms with Crippen molar-refractivity contribution < 1.29 is 19.4 Å². The van der Waals surface area contributed by atoms with Gasteiger partial charge in [0.1, 0.15) is 18.4 Å². The molecule has 2 heterocycles. The monoisotopic (exact) mass is 386 g/mol. The molecule has 0 aliphatic rings. The highest BCUT2D eigenvalue weighted by Crippen LogP contribution is 2.22. The Labute approximate surface area is 161 Å². The SMILES string of the molecule is CCOc1ccc(-c2cc(NC(=O)CCCn3cncn3)n[nH]2)cc1.O=CO. The molecule has 10 nitrogen and oxygen atoms in total. The molecule has 0 unspecified atom stereocenters. The lowest BCUT2D eigenvalue weighted by atomic mass is 10.1. The molecule has 0 aliphatic heterocycles. The van der Waals surface area contributed by atoms with E-state index in [2.05, 4.69) is 25.6 Å². The van der Waals surface area contributed by atoms with Crippen LogP contribution in [0.1, 0.15) is 19.8 Å². The lowest BCUT2D eigenvalue weighted by Gasteiger charge is -2.03. The quantitative estimate of drug-likeness (QED) is 0.505. The fraction of sp³-hybridized carbons (Fsp3) is 0.278. The van der Waals surface area contributed by atoms with Gasteiger partial charge in [0.15, 0.2) is 5.82 Å². The van der Waals surface area contributed by atoms with Crippen LogP contribution in [0.2, 0.25) is 0 Å². The van der Waals surface area contributed by atoms with Crippen LogP contribution in [0.15, 0.2) is 43.0 Å². The number of carbonyl (C=O) groups excluding carboxylic acids is 1. The molecule has 0 spiro atoms. The molecule has 10 heteroatoms. The number of ether oxygens (including phenoxy) is 1. The van der Waals surface area contributed by atoms with Gasteiger partial charge in [0, 0.05) is 19.0 Å². The molecular weight excluding hydrogens is 364 g/mol. The number of benzene rings is 1. The van der Waals surface area contributed by atoms with Crippen LogP contribution in [-0.2, 0) is 16.1 Å². The van der Waals surface area contributed by atoms with Crippen molar-refractivity contribution in [3.8, 4) is 17.0 Å². The summed E-state index contributed by atoms with van der Waals surface area (Å²) in [5.74, 6) is 1.26. The maximum Gasteiger partial charge on any atom is 0.290 e. The van der Waals surface area contributed by atoms with E-state index in [-0.39, 0.29) is 12.4 Å². The smallest absolute Gasteiger partial charge is 0.290 e. The zero-order valence-corrected chi connectivity index (χ0v) is 15.4. The number of carbonyl (C=O) groups is 2. The van der Waals surface area contributed by atoms with Gasteiger partial charge in [0.25, 0.3) is 6.47 Å². The molecule has 3 rings (SSSR count). The number of aryl methyl sites for hydroxylation is 1.